The number of anilines is 2. The normalized spacial score (nSPS) is 10.1. The molecule has 2 heterocycles. The molecular weight excluding hydrogens is 252 g/mol. The highest BCUT2D eigenvalue weighted by Gasteiger charge is 2.15. The summed E-state index contributed by atoms with van der Waals surface area (Å²) in [6.07, 6.45) is 1.58. The molecule has 0 fully saturated rings. The van der Waals surface area contributed by atoms with E-state index in [1.165, 1.54) is 11.3 Å². The Morgan fingerprint density at radius 3 is 3.00 bits per heavy atom. The molecule has 2 rings (SSSR count). The highest BCUT2D eigenvalue weighted by molar-refractivity contribution is 7.18. The van der Waals surface area contributed by atoms with Crippen LogP contribution >= 0.6 is 11.3 Å². The molecule has 2 aromatic heterocycles. The number of nitrogens with zero attached hydrogens (tertiary/aromatic N) is 3. The summed E-state index contributed by atoms with van der Waals surface area (Å²) in [5.74, 6) is -0.0434. The summed E-state index contributed by atoms with van der Waals surface area (Å²) < 4.78 is 0. The fourth-order valence-electron chi connectivity index (χ4n) is 1.28. The van der Waals surface area contributed by atoms with E-state index in [4.69, 9.17) is 5.73 Å². The number of hydrogen-bond donors (Lipinski definition) is 3. The molecule has 0 bridgehead atoms. The number of hydrogen-bond acceptors (Lipinski definition) is 7. The van der Waals surface area contributed by atoms with Crippen molar-refractivity contribution in [2.24, 2.45) is 0 Å². The zero-order valence-corrected chi connectivity index (χ0v) is 10.5. The number of rotatable bonds is 4. The third-order valence-electron chi connectivity index (χ3n) is 2.13. The summed E-state index contributed by atoms with van der Waals surface area (Å²) in [5.41, 5.74) is 6.34. The van der Waals surface area contributed by atoms with E-state index in [1.54, 1.807) is 25.4 Å². The predicted molar refractivity (Wildman–Crippen MR) is 69.3 cm³/mol. The van der Waals surface area contributed by atoms with Crippen LogP contribution in [0.1, 0.15) is 15.4 Å². The summed E-state index contributed by atoms with van der Waals surface area (Å²) in [7, 11) is 1.72. The van der Waals surface area contributed by atoms with Crippen molar-refractivity contribution >= 4 is 28.2 Å². The first-order chi connectivity index (χ1) is 8.70. The van der Waals surface area contributed by atoms with Gasteiger partial charge in [0.15, 0.2) is 5.13 Å². The highest BCUT2D eigenvalue weighted by atomic mass is 32.1. The maximum atomic E-state index is 11.9. The molecule has 0 radical (unpaired) electrons. The number of nitrogens with one attached hydrogen (secondary N) is 2. The number of carbonyl (C=O) groups excluding carboxylic acids is 1. The maximum Gasteiger partial charge on any atom is 0.265 e. The summed E-state index contributed by atoms with van der Waals surface area (Å²) in [5, 5.41) is 13.8. The van der Waals surface area contributed by atoms with Crippen LogP contribution in [0.2, 0.25) is 0 Å². The van der Waals surface area contributed by atoms with E-state index >= 15 is 0 Å². The minimum atomic E-state index is -0.267. The number of thiazole rings is 1. The quantitative estimate of drug-likeness (QED) is 0.742. The smallest absolute Gasteiger partial charge is 0.265 e. The van der Waals surface area contributed by atoms with Crippen LogP contribution in [0.25, 0.3) is 0 Å². The van der Waals surface area contributed by atoms with Gasteiger partial charge in [0.05, 0.1) is 12.2 Å². The van der Waals surface area contributed by atoms with Crippen LogP contribution in [-0.2, 0) is 6.54 Å². The first kappa shape index (κ1) is 12.2. The molecule has 18 heavy (non-hydrogen) atoms. The molecule has 0 saturated heterocycles. The number of aromatic nitrogens is 3. The third-order valence-corrected chi connectivity index (χ3v) is 3.22. The average molecular weight is 264 g/mol. The molecule has 4 N–H and O–H groups in total. The van der Waals surface area contributed by atoms with Gasteiger partial charge in [-0.15, -0.1) is 0 Å². The molecule has 1 amide bonds. The van der Waals surface area contributed by atoms with Gasteiger partial charge in [-0.3, -0.25) is 4.79 Å². The molecule has 0 atom stereocenters. The van der Waals surface area contributed by atoms with Gasteiger partial charge >= 0.3 is 0 Å². The van der Waals surface area contributed by atoms with Crippen LogP contribution in [0.4, 0.5) is 10.9 Å². The molecule has 0 aliphatic rings. The first-order valence-corrected chi connectivity index (χ1v) is 6.01. The second-order valence-corrected chi connectivity index (χ2v) is 4.38. The molecule has 0 aliphatic heterocycles. The van der Waals surface area contributed by atoms with E-state index in [1.807, 2.05) is 0 Å². The van der Waals surface area contributed by atoms with Crippen LogP contribution < -0.4 is 16.4 Å². The van der Waals surface area contributed by atoms with E-state index in [0.717, 1.165) is 0 Å². The fraction of sp³-hybridized carbons (Fsp3) is 0.200. The molecule has 2 aromatic rings. The highest BCUT2D eigenvalue weighted by Crippen LogP contribution is 2.24. The lowest BCUT2D eigenvalue weighted by molar-refractivity contribution is 0.0955. The topological polar surface area (TPSA) is 106 Å². The fourth-order valence-corrected chi connectivity index (χ4v) is 2.03. The Bertz CT molecular complexity index is 541. The van der Waals surface area contributed by atoms with E-state index in [0.29, 0.717) is 22.2 Å². The maximum absolute atomic E-state index is 11.9. The van der Waals surface area contributed by atoms with E-state index < -0.39 is 0 Å². The van der Waals surface area contributed by atoms with Crippen molar-refractivity contribution in [2.45, 2.75) is 6.54 Å². The van der Waals surface area contributed by atoms with Crippen LogP contribution in [0, 0.1) is 0 Å². The summed E-state index contributed by atoms with van der Waals surface area (Å²) in [6.45, 7) is 0.304. The van der Waals surface area contributed by atoms with E-state index in [-0.39, 0.29) is 11.7 Å². The predicted octanol–water partition coefficient (Wildman–Crippen LogP) is 0.487. The minimum Gasteiger partial charge on any atom is -0.382 e. The van der Waals surface area contributed by atoms with Gasteiger partial charge in [0.2, 0.25) is 0 Å². The van der Waals surface area contributed by atoms with Crippen LogP contribution in [0.15, 0.2) is 18.3 Å². The Hall–Kier alpha value is -2.22. The second kappa shape index (κ2) is 5.41. The monoisotopic (exact) mass is 264 g/mol. The van der Waals surface area contributed by atoms with Crippen molar-refractivity contribution in [1.82, 2.24) is 20.5 Å². The van der Waals surface area contributed by atoms with Crippen LogP contribution in [0.5, 0.6) is 0 Å². The van der Waals surface area contributed by atoms with Gasteiger partial charge in [-0.05, 0) is 12.1 Å². The minimum absolute atomic E-state index is 0.223. The number of nitrogens with two attached hydrogens (primary N) is 1. The molecule has 94 valence electrons. The molecule has 8 heteroatoms. The Kier molecular flexibility index (Phi) is 3.68. The van der Waals surface area contributed by atoms with Crippen molar-refractivity contribution in [3.8, 4) is 0 Å². The van der Waals surface area contributed by atoms with Gasteiger partial charge in [0, 0.05) is 13.2 Å². The summed E-state index contributed by atoms with van der Waals surface area (Å²) in [6, 6.07) is 3.54. The Morgan fingerprint density at radius 2 is 2.39 bits per heavy atom. The zero-order chi connectivity index (χ0) is 13.0. The Labute approximate surface area is 107 Å². The van der Waals surface area contributed by atoms with Gasteiger partial charge in [0.25, 0.3) is 5.91 Å². The van der Waals surface area contributed by atoms with E-state index in [2.05, 4.69) is 25.8 Å². The number of carbonyl (C=O) groups is 1. The summed E-state index contributed by atoms with van der Waals surface area (Å²) in [4.78, 5) is 16.3. The van der Waals surface area contributed by atoms with Gasteiger partial charge in [-0.2, -0.15) is 10.2 Å². The zero-order valence-electron chi connectivity index (χ0n) is 9.67. The SMILES string of the molecule is CNc1nc(N)c(C(=O)NCc2cccnn2)s1. The third kappa shape index (κ3) is 2.72. The largest absolute Gasteiger partial charge is 0.382 e. The van der Waals surface area contributed by atoms with Crippen LogP contribution in [0.3, 0.4) is 0 Å². The number of nitrogen functional groups attached to an aromatic ring is 1. The van der Waals surface area contributed by atoms with Crippen LogP contribution in [-0.4, -0.2) is 28.1 Å². The van der Waals surface area contributed by atoms with Crippen molar-refractivity contribution in [3.63, 3.8) is 0 Å². The lowest BCUT2D eigenvalue weighted by Gasteiger charge is -2.02. The Morgan fingerprint density at radius 1 is 1.56 bits per heavy atom. The van der Waals surface area contributed by atoms with E-state index in [9.17, 15) is 4.79 Å². The average Bonchev–Trinajstić information content (AvgIpc) is 2.78. The number of amides is 1. The van der Waals surface area contributed by atoms with Crippen molar-refractivity contribution < 1.29 is 4.79 Å². The molecule has 0 aromatic carbocycles. The molecule has 0 unspecified atom stereocenters. The standard InChI is InChI=1S/C10H12N6OS/c1-12-10-15-8(11)7(18-10)9(17)13-5-6-3-2-4-14-16-6/h2-4H,5,11H2,1H3,(H,12,15)(H,13,17). The van der Waals surface area contributed by atoms with Crippen molar-refractivity contribution in [1.29, 1.82) is 0 Å². The molecule has 0 saturated carbocycles. The van der Waals surface area contributed by atoms with Gasteiger partial charge in [0.1, 0.15) is 10.7 Å². The second-order valence-electron chi connectivity index (χ2n) is 3.38. The van der Waals surface area contributed by atoms with Crippen molar-refractivity contribution in [3.05, 3.63) is 28.9 Å². The van der Waals surface area contributed by atoms with Crippen molar-refractivity contribution in [2.75, 3.05) is 18.1 Å². The molecule has 7 nitrogen and oxygen atoms in total. The summed E-state index contributed by atoms with van der Waals surface area (Å²) >= 11 is 1.21. The van der Waals surface area contributed by atoms with Gasteiger partial charge < -0.3 is 16.4 Å². The molecular formula is C10H12N6OS. The lowest BCUT2D eigenvalue weighted by atomic mass is 10.4. The first-order valence-electron chi connectivity index (χ1n) is 5.19. The Balaban J connectivity index is 2.01. The lowest BCUT2D eigenvalue weighted by Crippen LogP contribution is -2.23. The van der Waals surface area contributed by atoms with Gasteiger partial charge in [-0.25, -0.2) is 4.98 Å². The molecule has 0 aliphatic carbocycles. The van der Waals surface area contributed by atoms with Gasteiger partial charge in [-0.1, -0.05) is 11.3 Å². The molecule has 0 spiro atoms.